The van der Waals surface area contributed by atoms with E-state index in [9.17, 15) is 14.7 Å². The molecule has 2 N–H and O–H groups in total. The minimum atomic E-state index is -1.53. The standard InChI is InChI=1S/C19H27NO3/c1-6-11-18(12-7-2,16(21)20-15-10-5)19(13-8-3,14-9-4)17(22)23/h6-15H,1-5H3,(H,20,21)(H,22,23). The van der Waals surface area contributed by atoms with E-state index in [1.165, 1.54) is 6.20 Å². The summed E-state index contributed by atoms with van der Waals surface area (Å²) >= 11 is 0. The molecule has 0 bridgehead atoms. The Kier molecular flexibility index (Phi) is 8.63. The summed E-state index contributed by atoms with van der Waals surface area (Å²) in [6.07, 6.45) is 16.2. The lowest BCUT2D eigenvalue weighted by Gasteiger charge is -2.39. The third-order valence-corrected chi connectivity index (χ3v) is 3.51. The summed E-state index contributed by atoms with van der Waals surface area (Å²) in [6, 6.07) is 0. The summed E-state index contributed by atoms with van der Waals surface area (Å²) in [5.41, 5.74) is -2.91. The Morgan fingerprint density at radius 2 is 1.13 bits per heavy atom. The first-order chi connectivity index (χ1) is 10.9. The minimum absolute atomic E-state index is 0.412. The lowest BCUT2D eigenvalue weighted by Crippen LogP contribution is -2.51. The van der Waals surface area contributed by atoms with Crippen LogP contribution in [0.1, 0.15) is 34.6 Å². The lowest BCUT2D eigenvalue weighted by atomic mass is 9.61. The second-order valence-electron chi connectivity index (χ2n) is 5.02. The van der Waals surface area contributed by atoms with Crippen LogP contribution >= 0.6 is 0 Å². The van der Waals surface area contributed by atoms with Crippen LogP contribution in [-0.4, -0.2) is 17.0 Å². The highest BCUT2D eigenvalue weighted by Gasteiger charge is 2.55. The van der Waals surface area contributed by atoms with Crippen molar-refractivity contribution in [3.63, 3.8) is 0 Å². The van der Waals surface area contributed by atoms with E-state index in [0.29, 0.717) is 0 Å². The van der Waals surface area contributed by atoms with E-state index >= 15 is 0 Å². The van der Waals surface area contributed by atoms with Gasteiger partial charge in [0.2, 0.25) is 5.91 Å². The maximum absolute atomic E-state index is 12.9. The normalized spacial score (nSPS) is 18.1. The van der Waals surface area contributed by atoms with Crippen molar-refractivity contribution in [2.75, 3.05) is 0 Å². The molecule has 0 aliphatic carbocycles. The maximum atomic E-state index is 12.9. The molecule has 4 heteroatoms. The largest absolute Gasteiger partial charge is 0.480 e. The third kappa shape index (κ3) is 4.09. The molecule has 0 fully saturated rings. The molecule has 0 aromatic rings. The molecule has 23 heavy (non-hydrogen) atoms. The number of nitrogens with one attached hydrogen (secondary N) is 1. The fraction of sp³-hybridized carbons (Fsp3) is 0.368. The third-order valence-electron chi connectivity index (χ3n) is 3.51. The Bertz CT molecular complexity index is 527. The van der Waals surface area contributed by atoms with Gasteiger partial charge in [-0.05, 0) is 40.8 Å². The SMILES string of the molecule is CC=CNC(=O)C(C=CC)(C=CC)C(C=CC)(C=CC)C(=O)O. The molecule has 0 unspecified atom stereocenters. The Labute approximate surface area is 139 Å². The molecule has 0 aromatic carbocycles. The Balaban J connectivity index is 6.78. The van der Waals surface area contributed by atoms with Crippen molar-refractivity contribution in [2.24, 2.45) is 10.8 Å². The number of carboxylic acids is 1. The van der Waals surface area contributed by atoms with E-state index in [1.54, 1.807) is 89.3 Å². The number of hydrogen-bond acceptors (Lipinski definition) is 2. The first-order valence-corrected chi connectivity index (χ1v) is 7.63. The van der Waals surface area contributed by atoms with Crippen LogP contribution in [0.2, 0.25) is 0 Å². The quantitative estimate of drug-likeness (QED) is 0.665. The first kappa shape index (κ1) is 20.6. The van der Waals surface area contributed by atoms with E-state index in [-0.39, 0.29) is 0 Å². The van der Waals surface area contributed by atoms with Crippen molar-refractivity contribution in [3.05, 3.63) is 60.9 Å². The van der Waals surface area contributed by atoms with Crippen LogP contribution in [-0.2, 0) is 9.59 Å². The van der Waals surface area contributed by atoms with Gasteiger partial charge in [0.1, 0.15) is 10.8 Å². The average molecular weight is 317 g/mol. The molecule has 126 valence electrons. The van der Waals surface area contributed by atoms with Gasteiger partial charge in [-0.25, -0.2) is 0 Å². The average Bonchev–Trinajstić information content (AvgIpc) is 2.51. The predicted octanol–water partition coefficient (Wildman–Crippen LogP) is 4.00. The van der Waals surface area contributed by atoms with Gasteiger partial charge < -0.3 is 10.4 Å². The van der Waals surface area contributed by atoms with Crippen LogP contribution in [0.3, 0.4) is 0 Å². The Morgan fingerprint density at radius 1 is 0.739 bits per heavy atom. The van der Waals surface area contributed by atoms with Gasteiger partial charge in [-0.2, -0.15) is 0 Å². The molecule has 0 rings (SSSR count). The number of carbonyl (C=O) groups excluding carboxylic acids is 1. The lowest BCUT2D eigenvalue weighted by molar-refractivity contribution is -0.151. The molecule has 0 radical (unpaired) electrons. The van der Waals surface area contributed by atoms with Gasteiger partial charge in [-0.1, -0.05) is 54.7 Å². The molecule has 0 spiro atoms. The number of amides is 1. The second kappa shape index (κ2) is 9.62. The second-order valence-corrected chi connectivity index (χ2v) is 5.02. The molecule has 0 saturated carbocycles. The molecule has 0 aromatic heterocycles. The number of carboxylic acid groups (broad SMARTS) is 1. The fourth-order valence-electron chi connectivity index (χ4n) is 2.65. The van der Waals surface area contributed by atoms with Crippen LogP contribution < -0.4 is 5.32 Å². The predicted molar refractivity (Wildman–Crippen MR) is 94.7 cm³/mol. The van der Waals surface area contributed by atoms with E-state index in [2.05, 4.69) is 5.32 Å². The molecule has 0 aliphatic heterocycles. The van der Waals surface area contributed by atoms with Gasteiger partial charge in [0.25, 0.3) is 0 Å². The topological polar surface area (TPSA) is 66.4 Å². The molecule has 0 atom stereocenters. The summed E-state index contributed by atoms with van der Waals surface area (Å²) in [6.45, 7) is 8.77. The van der Waals surface area contributed by atoms with Crippen molar-refractivity contribution in [1.29, 1.82) is 0 Å². The number of aliphatic carboxylic acids is 1. The van der Waals surface area contributed by atoms with Crippen LogP contribution in [0.4, 0.5) is 0 Å². The van der Waals surface area contributed by atoms with Gasteiger partial charge in [0, 0.05) is 0 Å². The molecule has 0 heterocycles. The first-order valence-electron chi connectivity index (χ1n) is 7.63. The molecule has 4 nitrogen and oxygen atoms in total. The maximum Gasteiger partial charge on any atom is 0.319 e. The van der Waals surface area contributed by atoms with Gasteiger partial charge in [-0.3, -0.25) is 9.59 Å². The Hall–Kier alpha value is -2.36. The van der Waals surface area contributed by atoms with Crippen molar-refractivity contribution >= 4 is 11.9 Å². The number of carbonyl (C=O) groups is 2. The zero-order valence-electron chi connectivity index (χ0n) is 14.5. The van der Waals surface area contributed by atoms with Crippen LogP contribution in [0.15, 0.2) is 60.9 Å². The molecular formula is C19H27NO3. The van der Waals surface area contributed by atoms with E-state index < -0.39 is 22.7 Å². The Morgan fingerprint density at radius 3 is 1.43 bits per heavy atom. The van der Waals surface area contributed by atoms with Gasteiger partial charge in [0.15, 0.2) is 0 Å². The van der Waals surface area contributed by atoms with Crippen molar-refractivity contribution in [3.8, 4) is 0 Å². The number of allylic oxidation sites excluding steroid dienone is 5. The zero-order valence-corrected chi connectivity index (χ0v) is 14.5. The number of rotatable bonds is 8. The van der Waals surface area contributed by atoms with Gasteiger partial charge >= 0.3 is 5.97 Å². The van der Waals surface area contributed by atoms with E-state index in [4.69, 9.17) is 0 Å². The van der Waals surface area contributed by atoms with Crippen molar-refractivity contribution < 1.29 is 14.7 Å². The molecule has 0 aliphatic rings. The highest BCUT2D eigenvalue weighted by molar-refractivity contribution is 5.97. The summed E-state index contributed by atoms with van der Waals surface area (Å²) < 4.78 is 0. The zero-order chi connectivity index (χ0) is 17.9. The van der Waals surface area contributed by atoms with Crippen LogP contribution in [0.5, 0.6) is 0 Å². The highest BCUT2D eigenvalue weighted by Crippen LogP contribution is 2.46. The van der Waals surface area contributed by atoms with Gasteiger partial charge in [-0.15, -0.1) is 0 Å². The minimum Gasteiger partial charge on any atom is -0.480 e. The summed E-state index contributed by atoms with van der Waals surface area (Å²) in [7, 11) is 0. The summed E-state index contributed by atoms with van der Waals surface area (Å²) in [5, 5.41) is 12.6. The van der Waals surface area contributed by atoms with Crippen LogP contribution in [0.25, 0.3) is 0 Å². The summed E-state index contributed by atoms with van der Waals surface area (Å²) in [4.78, 5) is 25.1. The molecule has 1 amide bonds. The molecule has 0 saturated heterocycles. The monoisotopic (exact) mass is 317 g/mol. The highest BCUT2D eigenvalue weighted by atomic mass is 16.4. The smallest absolute Gasteiger partial charge is 0.319 e. The van der Waals surface area contributed by atoms with Gasteiger partial charge in [0.05, 0.1) is 0 Å². The van der Waals surface area contributed by atoms with E-state index in [0.717, 1.165) is 0 Å². The molecular weight excluding hydrogens is 290 g/mol. The van der Waals surface area contributed by atoms with E-state index in [1.807, 2.05) is 0 Å². The van der Waals surface area contributed by atoms with Crippen LogP contribution in [0, 0.1) is 10.8 Å². The fourth-order valence-corrected chi connectivity index (χ4v) is 2.65. The summed E-state index contributed by atoms with van der Waals surface area (Å²) in [5.74, 6) is -1.51. The van der Waals surface area contributed by atoms with Crippen molar-refractivity contribution in [2.45, 2.75) is 34.6 Å². The van der Waals surface area contributed by atoms with Crippen molar-refractivity contribution in [1.82, 2.24) is 5.32 Å². The number of hydrogen-bond donors (Lipinski definition) is 2.